The molecule has 4 aromatic heterocycles. The number of benzene rings is 1. The fraction of sp³-hybridized carbons (Fsp3) is 0.0909. The molecule has 0 bridgehead atoms. The Bertz CT molecular complexity index is 1450. The lowest BCUT2D eigenvalue weighted by atomic mass is 10.1. The number of hydrogen-bond acceptors (Lipinski definition) is 5. The molecule has 0 radical (unpaired) electrons. The zero-order valence-electron chi connectivity index (χ0n) is 15.7. The Morgan fingerprint density at radius 1 is 0.931 bits per heavy atom. The van der Waals surface area contributed by atoms with E-state index in [1.807, 2.05) is 44.2 Å². The SMILES string of the molecule is Cc1ccc2oc(-c3nc4[nH]c(=O)ccc4nc3-c3cc(C)nc(Cl)c3)cc2c1. The van der Waals surface area contributed by atoms with E-state index in [1.54, 1.807) is 12.1 Å². The van der Waals surface area contributed by atoms with Crippen molar-refractivity contribution >= 4 is 33.7 Å². The Kier molecular flexibility index (Phi) is 3.96. The maximum absolute atomic E-state index is 11.8. The van der Waals surface area contributed by atoms with E-state index in [0.717, 1.165) is 27.8 Å². The topological polar surface area (TPSA) is 84.7 Å². The molecule has 29 heavy (non-hydrogen) atoms. The highest BCUT2D eigenvalue weighted by atomic mass is 35.5. The monoisotopic (exact) mass is 402 g/mol. The Balaban J connectivity index is 1.84. The van der Waals surface area contributed by atoms with Crippen molar-refractivity contribution in [3.63, 3.8) is 0 Å². The van der Waals surface area contributed by atoms with E-state index in [0.29, 0.717) is 33.5 Å². The minimum atomic E-state index is -0.242. The number of pyridine rings is 2. The summed E-state index contributed by atoms with van der Waals surface area (Å²) in [4.78, 5) is 28.2. The van der Waals surface area contributed by atoms with Crippen molar-refractivity contribution in [2.24, 2.45) is 0 Å². The van der Waals surface area contributed by atoms with E-state index < -0.39 is 0 Å². The van der Waals surface area contributed by atoms with Crippen LogP contribution in [0.2, 0.25) is 5.15 Å². The highest BCUT2D eigenvalue weighted by Gasteiger charge is 2.18. The summed E-state index contributed by atoms with van der Waals surface area (Å²) < 4.78 is 6.07. The van der Waals surface area contributed by atoms with Gasteiger partial charge in [-0.2, -0.15) is 0 Å². The molecule has 6 nitrogen and oxygen atoms in total. The number of aromatic amines is 1. The number of nitrogens with one attached hydrogen (secondary N) is 1. The van der Waals surface area contributed by atoms with Gasteiger partial charge in [0, 0.05) is 22.7 Å². The van der Waals surface area contributed by atoms with Crippen LogP contribution in [-0.2, 0) is 0 Å². The van der Waals surface area contributed by atoms with Crippen LogP contribution in [0.5, 0.6) is 0 Å². The van der Waals surface area contributed by atoms with Gasteiger partial charge in [-0.25, -0.2) is 15.0 Å². The third-order valence-corrected chi connectivity index (χ3v) is 4.85. The Labute approximate surface area is 170 Å². The summed E-state index contributed by atoms with van der Waals surface area (Å²) in [7, 11) is 0. The normalized spacial score (nSPS) is 11.4. The first-order chi connectivity index (χ1) is 14.0. The average molecular weight is 403 g/mol. The number of rotatable bonds is 2. The van der Waals surface area contributed by atoms with Gasteiger partial charge >= 0.3 is 0 Å². The van der Waals surface area contributed by atoms with Gasteiger partial charge in [-0.05, 0) is 50.2 Å². The molecule has 0 aliphatic heterocycles. The van der Waals surface area contributed by atoms with Crippen molar-refractivity contribution in [2.45, 2.75) is 13.8 Å². The number of halogens is 1. The van der Waals surface area contributed by atoms with Gasteiger partial charge in [-0.1, -0.05) is 23.2 Å². The number of aryl methyl sites for hydroxylation is 2. The number of H-pyrrole nitrogens is 1. The van der Waals surface area contributed by atoms with E-state index >= 15 is 0 Å². The Morgan fingerprint density at radius 2 is 1.79 bits per heavy atom. The van der Waals surface area contributed by atoms with Gasteiger partial charge in [0.2, 0.25) is 5.56 Å². The molecule has 1 aromatic carbocycles. The molecule has 1 N–H and O–H groups in total. The van der Waals surface area contributed by atoms with Crippen LogP contribution in [0.15, 0.2) is 57.7 Å². The molecule has 0 spiro atoms. The molecule has 7 heteroatoms. The largest absolute Gasteiger partial charge is 0.454 e. The van der Waals surface area contributed by atoms with Gasteiger partial charge in [0.25, 0.3) is 0 Å². The van der Waals surface area contributed by atoms with Crippen molar-refractivity contribution in [3.8, 4) is 22.7 Å². The van der Waals surface area contributed by atoms with Gasteiger partial charge < -0.3 is 9.40 Å². The zero-order chi connectivity index (χ0) is 20.1. The molecule has 0 saturated carbocycles. The molecule has 142 valence electrons. The second-order valence-corrected chi connectivity index (χ2v) is 7.34. The highest BCUT2D eigenvalue weighted by molar-refractivity contribution is 6.29. The lowest BCUT2D eigenvalue weighted by molar-refractivity contribution is 0.629. The van der Waals surface area contributed by atoms with Crippen molar-refractivity contribution in [1.82, 2.24) is 19.9 Å². The van der Waals surface area contributed by atoms with Gasteiger partial charge in [0.1, 0.15) is 27.6 Å². The van der Waals surface area contributed by atoms with Crippen LogP contribution in [-0.4, -0.2) is 19.9 Å². The maximum Gasteiger partial charge on any atom is 0.249 e. The van der Waals surface area contributed by atoms with E-state index in [-0.39, 0.29) is 5.56 Å². The van der Waals surface area contributed by atoms with Crippen molar-refractivity contribution in [1.29, 1.82) is 0 Å². The summed E-state index contributed by atoms with van der Waals surface area (Å²) in [6.45, 7) is 3.89. The van der Waals surface area contributed by atoms with Gasteiger partial charge in [-0.3, -0.25) is 4.79 Å². The lowest BCUT2D eigenvalue weighted by Gasteiger charge is -2.09. The fourth-order valence-electron chi connectivity index (χ4n) is 3.39. The summed E-state index contributed by atoms with van der Waals surface area (Å²) in [6.07, 6.45) is 0. The molecule has 0 fully saturated rings. The van der Waals surface area contributed by atoms with E-state index in [9.17, 15) is 4.79 Å². The average Bonchev–Trinajstić information content (AvgIpc) is 3.09. The summed E-state index contributed by atoms with van der Waals surface area (Å²) in [6, 6.07) is 14.6. The van der Waals surface area contributed by atoms with Crippen LogP contribution in [0.3, 0.4) is 0 Å². The molecule has 0 unspecified atom stereocenters. The second-order valence-electron chi connectivity index (χ2n) is 6.95. The molecule has 0 saturated heterocycles. The molecule has 5 rings (SSSR count). The van der Waals surface area contributed by atoms with Crippen LogP contribution in [0.4, 0.5) is 0 Å². The first-order valence-electron chi connectivity index (χ1n) is 9.02. The molecule has 0 amide bonds. The summed E-state index contributed by atoms with van der Waals surface area (Å²) in [5, 5.41) is 1.34. The van der Waals surface area contributed by atoms with Crippen LogP contribution < -0.4 is 5.56 Å². The quantitative estimate of drug-likeness (QED) is 0.417. The first kappa shape index (κ1) is 17.6. The second kappa shape index (κ2) is 6.53. The minimum Gasteiger partial charge on any atom is -0.454 e. The number of hydrogen-bond donors (Lipinski definition) is 1. The molecule has 0 aliphatic carbocycles. The third-order valence-electron chi connectivity index (χ3n) is 4.66. The van der Waals surface area contributed by atoms with Crippen LogP contribution >= 0.6 is 11.6 Å². The third kappa shape index (κ3) is 3.17. The van der Waals surface area contributed by atoms with Gasteiger partial charge in [0.05, 0.1) is 0 Å². The zero-order valence-corrected chi connectivity index (χ0v) is 16.4. The number of aromatic nitrogens is 4. The van der Waals surface area contributed by atoms with E-state index in [2.05, 4.69) is 15.0 Å². The van der Waals surface area contributed by atoms with Gasteiger partial charge in [-0.15, -0.1) is 0 Å². The van der Waals surface area contributed by atoms with Crippen molar-refractivity contribution < 1.29 is 4.42 Å². The molecule has 0 atom stereocenters. The smallest absolute Gasteiger partial charge is 0.249 e. The maximum atomic E-state index is 11.8. The van der Waals surface area contributed by atoms with Gasteiger partial charge in [0.15, 0.2) is 11.4 Å². The van der Waals surface area contributed by atoms with E-state index in [1.165, 1.54) is 6.07 Å². The summed E-state index contributed by atoms with van der Waals surface area (Å²) >= 11 is 6.19. The predicted molar refractivity (Wildman–Crippen MR) is 113 cm³/mol. The summed E-state index contributed by atoms with van der Waals surface area (Å²) in [5.74, 6) is 0.560. The number of fused-ring (bicyclic) bond motifs is 2. The van der Waals surface area contributed by atoms with E-state index in [4.69, 9.17) is 21.0 Å². The Hall–Kier alpha value is -3.51. The fourth-order valence-corrected chi connectivity index (χ4v) is 3.64. The van der Waals surface area contributed by atoms with Crippen molar-refractivity contribution in [3.05, 3.63) is 75.3 Å². The standard InChI is InChI=1S/C22H15ClN4O2/c1-11-3-5-16-13(7-11)9-17(29-16)21-20(14-8-12(2)24-18(23)10-14)25-15-4-6-19(28)26-22(15)27-21/h3-10H,1-2H3,(H,26,27,28). The molecule has 0 aliphatic rings. The molecule has 5 aromatic rings. The lowest BCUT2D eigenvalue weighted by Crippen LogP contribution is -2.06. The van der Waals surface area contributed by atoms with Crippen LogP contribution in [0.1, 0.15) is 11.3 Å². The van der Waals surface area contributed by atoms with Crippen LogP contribution in [0, 0.1) is 13.8 Å². The Morgan fingerprint density at radius 3 is 2.62 bits per heavy atom. The molecular weight excluding hydrogens is 388 g/mol. The molecular formula is C22H15ClN4O2. The number of nitrogens with zero attached hydrogens (tertiary/aromatic N) is 3. The first-order valence-corrected chi connectivity index (χ1v) is 9.40. The highest BCUT2D eigenvalue weighted by Crippen LogP contribution is 2.35. The summed E-state index contributed by atoms with van der Waals surface area (Å²) in [5.41, 5.74) is 5.28. The predicted octanol–water partition coefficient (Wildman–Crippen LogP) is 5.06. The van der Waals surface area contributed by atoms with Crippen LogP contribution in [0.25, 0.3) is 44.8 Å². The van der Waals surface area contributed by atoms with Crippen molar-refractivity contribution in [2.75, 3.05) is 0 Å². The molecule has 4 heterocycles. The number of furan rings is 1. The minimum absolute atomic E-state index is 0.242.